The highest BCUT2D eigenvalue weighted by Crippen LogP contribution is 2.24. The molecule has 1 fully saturated rings. The Kier molecular flexibility index (Phi) is 6.37. The van der Waals surface area contributed by atoms with Crippen LogP contribution >= 0.6 is 24.0 Å². The summed E-state index contributed by atoms with van der Waals surface area (Å²) < 4.78 is 5.01. The molecule has 0 aliphatic heterocycles. The molecule has 1 aromatic rings. The highest BCUT2D eigenvalue weighted by Gasteiger charge is 2.17. The lowest BCUT2D eigenvalue weighted by Crippen LogP contribution is -2.40. The first-order valence-corrected chi connectivity index (χ1v) is 6.01. The fourth-order valence-corrected chi connectivity index (χ4v) is 1.73. The van der Waals surface area contributed by atoms with E-state index in [9.17, 15) is 0 Å². The third-order valence-corrected chi connectivity index (χ3v) is 2.98. The molecule has 102 valence electrons. The average Bonchev–Trinajstić information content (AvgIpc) is 2.67. The monoisotopic (exact) mass is 365 g/mol. The summed E-state index contributed by atoms with van der Waals surface area (Å²) in [5.41, 5.74) is 0. The van der Waals surface area contributed by atoms with Crippen LogP contribution in [0.1, 0.15) is 31.0 Å². The molecule has 0 bridgehead atoms. The number of nitrogens with one attached hydrogen (secondary N) is 2. The van der Waals surface area contributed by atoms with E-state index in [0.717, 1.165) is 18.4 Å². The van der Waals surface area contributed by atoms with Gasteiger partial charge in [0.2, 0.25) is 5.89 Å². The summed E-state index contributed by atoms with van der Waals surface area (Å²) in [6.45, 7) is 3.30. The summed E-state index contributed by atoms with van der Waals surface area (Å²) in [6.07, 6.45) is 4.01. The van der Waals surface area contributed by atoms with E-state index in [2.05, 4.69) is 25.8 Å². The van der Waals surface area contributed by atoms with Crippen LogP contribution in [0.4, 0.5) is 0 Å². The number of aryl methyl sites for hydroxylation is 1. The molecule has 0 amide bonds. The minimum Gasteiger partial charge on any atom is -0.356 e. The van der Waals surface area contributed by atoms with Gasteiger partial charge < -0.3 is 15.2 Å². The SMILES string of the molecule is CN=C(NCc1nc(C)no1)NCC1CCC1.I. The molecule has 2 rings (SSSR count). The molecule has 0 unspecified atom stereocenters. The molecule has 0 atom stereocenters. The minimum atomic E-state index is 0. The molecule has 1 aliphatic rings. The third-order valence-electron chi connectivity index (χ3n) is 2.98. The number of halogens is 1. The highest BCUT2D eigenvalue weighted by atomic mass is 127. The molecule has 7 heteroatoms. The smallest absolute Gasteiger partial charge is 0.246 e. The lowest BCUT2D eigenvalue weighted by molar-refractivity contribution is 0.314. The second-order valence-electron chi connectivity index (χ2n) is 4.34. The molecule has 2 N–H and O–H groups in total. The van der Waals surface area contributed by atoms with E-state index in [4.69, 9.17) is 4.52 Å². The van der Waals surface area contributed by atoms with Crippen molar-refractivity contribution < 1.29 is 4.52 Å². The van der Waals surface area contributed by atoms with Crippen molar-refractivity contribution >= 4 is 29.9 Å². The van der Waals surface area contributed by atoms with E-state index < -0.39 is 0 Å². The molecule has 6 nitrogen and oxygen atoms in total. The molecule has 1 aromatic heterocycles. The molecule has 0 saturated heterocycles. The Morgan fingerprint density at radius 2 is 2.22 bits per heavy atom. The van der Waals surface area contributed by atoms with Gasteiger partial charge in [0.1, 0.15) is 0 Å². The van der Waals surface area contributed by atoms with Crippen LogP contribution in [0.25, 0.3) is 0 Å². The maximum atomic E-state index is 5.01. The van der Waals surface area contributed by atoms with Gasteiger partial charge in [-0.05, 0) is 25.7 Å². The maximum Gasteiger partial charge on any atom is 0.246 e. The maximum absolute atomic E-state index is 5.01. The normalized spacial score (nSPS) is 15.8. The number of guanidine groups is 1. The van der Waals surface area contributed by atoms with Gasteiger partial charge in [-0.15, -0.1) is 24.0 Å². The molecule has 1 saturated carbocycles. The van der Waals surface area contributed by atoms with Gasteiger partial charge in [-0.1, -0.05) is 11.6 Å². The minimum absolute atomic E-state index is 0. The van der Waals surface area contributed by atoms with Crippen molar-refractivity contribution in [3.8, 4) is 0 Å². The average molecular weight is 365 g/mol. The molecule has 18 heavy (non-hydrogen) atoms. The van der Waals surface area contributed by atoms with Gasteiger partial charge in [0.15, 0.2) is 11.8 Å². The fourth-order valence-electron chi connectivity index (χ4n) is 1.73. The van der Waals surface area contributed by atoms with Gasteiger partial charge in [-0.25, -0.2) is 0 Å². The Morgan fingerprint density at radius 1 is 1.44 bits per heavy atom. The number of aliphatic imine (C=N–C) groups is 1. The molecule has 0 aromatic carbocycles. The van der Waals surface area contributed by atoms with Gasteiger partial charge in [0.05, 0.1) is 6.54 Å². The van der Waals surface area contributed by atoms with Crippen LogP contribution in [-0.2, 0) is 6.54 Å². The number of hydrogen-bond donors (Lipinski definition) is 2. The molecule has 0 radical (unpaired) electrons. The van der Waals surface area contributed by atoms with Crippen molar-refractivity contribution in [3.63, 3.8) is 0 Å². The second-order valence-corrected chi connectivity index (χ2v) is 4.34. The van der Waals surface area contributed by atoms with E-state index in [1.807, 2.05) is 0 Å². The zero-order valence-corrected chi connectivity index (χ0v) is 13.1. The van der Waals surface area contributed by atoms with Gasteiger partial charge in [-0.2, -0.15) is 4.98 Å². The Morgan fingerprint density at radius 3 is 2.72 bits per heavy atom. The van der Waals surface area contributed by atoms with Gasteiger partial charge in [-0.3, -0.25) is 4.99 Å². The summed E-state index contributed by atoms with van der Waals surface area (Å²) in [7, 11) is 1.76. The lowest BCUT2D eigenvalue weighted by Gasteiger charge is -2.26. The van der Waals surface area contributed by atoms with Crippen LogP contribution in [-0.4, -0.2) is 29.7 Å². The Labute approximate surface area is 124 Å². The summed E-state index contributed by atoms with van der Waals surface area (Å²) >= 11 is 0. The number of nitrogens with zero attached hydrogens (tertiary/aromatic N) is 3. The second kappa shape index (κ2) is 7.55. The molecule has 0 spiro atoms. The number of aromatic nitrogens is 2. The first-order valence-electron chi connectivity index (χ1n) is 6.01. The fraction of sp³-hybridized carbons (Fsp3) is 0.727. The van der Waals surface area contributed by atoms with Crippen LogP contribution < -0.4 is 10.6 Å². The molecular formula is C11H20IN5O. The standard InChI is InChI=1S/C11H19N5O.HI/c1-8-15-10(17-16-8)7-14-11(12-2)13-6-9-4-3-5-9;/h9H,3-7H2,1-2H3,(H2,12,13,14);1H. The van der Waals surface area contributed by atoms with Crippen LogP contribution in [0.2, 0.25) is 0 Å². The molecular weight excluding hydrogens is 345 g/mol. The van der Waals surface area contributed by atoms with E-state index in [0.29, 0.717) is 18.3 Å². The zero-order chi connectivity index (χ0) is 12.1. The Hall–Kier alpha value is -0.860. The Balaban J connectivity index is 0.00000162. The summed E-state index contributed by atoms with van der Waals surface area (Å²) in [6, 6.07) is 0. The van der Waals surface area contributed by atoms with E-state index >= 15 is 0 Å². The quantitative estimate of drug-likeness (QED) is 0.480. The largest absolute Gasteiger partial charge is 0.356 e. The third kappa shape index (κ3) is 4.43. The van der Waals surface area contributed by atoms with Gasteiger partial charge >= 0.3 is 0 Å². The number of hydrogen-bond acceptors (Lipinski definition) is 4. The lowest BCUT2D eigenvalue weighted by atomic mass is 9.85. The van der Waals surface area contributed by atoms with Crippen LogP contribution in [0.15, 0.2) is 9.52 Å². The van der Waals surface area contributed by atoms with Crippen molar-refractivity contribution in [3.05, 3.63) is 11.7 Å². The van der Waals surface area contributed by atoms with E-state index in [1.165, 1.54) is 19.3 Å². The molecule has 1 aliphatic carbocycles. The van der Waals surface area contributed by atoms with Crippen LogP contribution in [0, 0.1) is 12.8 Å². The molecule has 1 heterocycles. The van der Waals surface area contributed by atoms with Gasteiger partial charge in [0, 0.05) is 13.6 Å². The predicted octanol–water partition coefficient (Wildman–Crippen LogP) is 1.46. The van der Waals surface area contributed by atoms with Crippen LogP contribution in [0.5, 0.6) is 0 Å². The first kappa shape index (κ1) is 15.2. The zero-order valence-electron chi connectivity index (χ0n) is 10.8. The predicted molar refractivity (Wildman–Crippen MR) is 80.0 cm³/mol. The topological polar surface area (TPSA) is 75.3 Å². The van der Waals surface area contributed by atoms with Crippen molar-refractivity contribution in [1.29, 1.82) is 0 Å². The van der Waals surface area contributed by atoms with Crippen molar-refractivity contribution in [2.75, 3.05) is 13.6 Å². The first-order chi connectivity index (χ1) is 8.28. The summed E-state index contributed by atoms with van der Waals surface area (Å²) in [5, 5.41) is 10.2. The van der Waals surface area contributed by atoms with Gasteiger partial charge in [0.25, 0.3) is 0 Å². The van der Waals surface area contributed by atoms with E-state index in [1.54, 1.807) is 14.0 Å². The van der Waals surface area contributed by atoms with Crippen molar-refractivity contribution in [2.45, 2.75) is 32.7 Å². The van der Waals surface area contributed by atoms with Crippen LogP contribution in [0.3, 0.4) is 0 Å². The Bertz CT molecular complexity index is 389. The highest BCUT2D eigenvalue weighted by molar-refractivity contribution is 14.0. The summed E-state index contributed by atoms with van der Waals surface area (Å²) in [4.78, 5) is 8.26. The van der Waals surface area contributed by atoms with Crippen molar-refractivity contribution in [2.24, 2.45) is 10.9 Å². The summed E-state index contributed by atoms with van der Waals surface area (Å²) in [5.74, 6) is 2.82. The van der Waals surface area contributed by atoms with E-state index in [-0.39, 0.29) is 24.0 Å². The number of rotatable bonds is 4. The van der Waals surface area contributed by atoms with Crippen molar-refractivity contribution in [1.82, 2.24) is 20.8 Å².